The van der Waals surface area contributed by atoms with Crippen molar-refractivity contribution in [3.8, 4) is 0 Å². The van der Waals surface area contributed by atoms with Gasteiger partial charge in [-0.1, -0.05) is 23.8 Å². The molecule has 1 saturated heterocycles. The van der Waals surface area contributed by atoms with Crippen LogP contribution in [0.4, 0.5) is 9.18 Å². The van der Waals surface area contributed by atoms with E-state index in [-0.39, 0.29) is 5.82 Å². The fourth-order valence-corrected chi connectivity index (χ4v) is 1.92. The third-order valence-electron chi connectivity index (χ3n) is 2.92. The molecule has 1 aliphatic heterocycles. The Bertz CT molecular complexity index is 429. The van der Waals surface area contributed by atoms with Crippen LogP contribution in [0, 0.1) is 5.82 Å². The molecule has 0 radical (unpaired) electrons. The summed E-state index contributed by atoms with van der Waals surface area (Å²) in [6.45, 7) is 1.09. The van der Waals surface area contributed by atoms with Crippen molar-refractivity contribution in [1.82, 2.24) is 4.90 Å². The Kier molecular flexibility index (Phi) is 3.42. The fourth-order valence-electron chi connectivity index (χ4n) is 1.92. The highest BCUT2D eigenvalue weighted by Gasteiger charge is 2.17. The second-order valence-corrected chi connectivity index (χ2v) is 4.12. The maximum Gasteiger partial charge on any atom is 0.407 e. The van der Waals surface area contributed by atoms with Crippen molar-refractivity contribution in [2.24, 2.45) is 0 Å². The van der Waals surface area contributed by atoms with Crippen LogP contribution < -0.4 is 0 Å². The lowest BCUT2D eigenvalue weighted by Crippen LogP contribution is -2.35. The molecule has 1 amide bonds. The van der Waals surface area contributed by atoms with Gasteiger partial charge in [0.15, 0.2) is 0 Å². The predicted octanol–water partition coefficient (Wildman–Crippen LogP) is 2.98. The lowest BCUT2D eigenvalue weighted by Gasteiger charge is -2.25. The molecule has 1 N–H and O–H groups in total. The van der Waals surface area contributed by atoms with Crippen LogP contribution >= 0.6 is 0 Å². The molecule has 1 aromatic carbocycles. The molecule has 17 heavy (non-hydrogen) atoms. The number of halogens is 1. The molecule has 3 nitrogen and oxygen atoms in total. The number of nitrogens with zero attached hydrogens (tertiary/aromatic N) is 1. The van der Waals surface area contributed by atoms with Crippen LogP contribution in [0.2, 0.25) is 0 Å². The Morgan fingerprint density at radius 2 is 1.82 bits per heavy atom. The maximum absolute atomic E-state index is 12.7. The first kappa shape index (κ1) is 11.6. The van der Waals surface area contributed by atoms with E-state index < -0.39 is 6.09 Å². The van der Waals surface area contributed by atoms with Crippen LogP contribution in [0.3, 0.4) is 0 Å². The third-order valence-corrected chi connectivity index (χ3v) is 2.92. The highest BCUT2D eigenvalue weighted by molar-refractivity contribution is 5.65. The Hall–Kier alpha value is -1.84. The van der Waals surface area contributed by atoms with Crippen molar-refractivity contribution in [2.75, 3.05) is 13.1 Å². The predicted molar refractivity (Wildman–Crippen MR) is 63.2 cm³/mol. The smallest absolute Gasteiger partial charge is 0.407 e. The molecular weight excluding hydrogens is 221 g/mol. The van der Waals surface area contributed by atoms with Crippen LogP contribution in [0.15, 0.2) is 29.8 Å². The van der Waals surface area contributed by atoms with Gasteiger partial charge in [-0.15, -0.1) is 0 Å². The summed E-state index contributed by atoms with van der Waals surface area (Å²) in [6, 6.07) is 6.31. The molecule has 0 saturated carbocycles. The monoisotopic (exact) mass is 235 g/mol. The number of carboxylic acid groups (broad SMARTS) is 1. The molecule has 0 aromatic heterocycles. The van der Waals surface area contributed by atoms with E-state index in [0.717, 1.165) is 18.4 Å². The summed E-state index contributed by atoms with van der Waals surface area (Å²) >= 11 is 0. The van der Waals surface area contributed by atoms with E-state index in [1.807, 2.05) is 6.08 Å². The Labute approximate surface area is 99.2 Å². The molecule has 4 heteroatoms. The Morgan fingerprint density at radius 1 is 1.24 bits per heavy atom. The van der Waals surface area contributed by atoms with Gasteiger partial charge in [0.1, 0.15) is 5.82 Å². The minimum atomic E-state index is -0.856. The van der Waals surface area contributed by atoms with Crippen LogP contribution in [-0.2, 0) is 0 Å². The minimum Gasteiger partial charge on any atom is -0.465 e. The third kappa shape index (κ3) is 3.06. The molecule has 1 aromatic rings. The molecule has 0 bridgehead atoms. The minimum absolute atomic E-state index is 0.243. The summed E-state index contributed by atoms with van der Waals surface area (Å²) in [4.78, 5) is 12.1. The second kappa shape index (κ2) is 4.99. The zero-order chi connectivity index (χ0) is 12.3. The first-order chi connectivity index (χ1) is 8.15. The number of rotatable bonds is 1. The van der Waals surface area contributed by atoms with Crippen LogP contribution in [-0.4, -0.2) is 29.2 Å². The molecule has 90 valence electrons. The van der Waals surface area contributed by atoms with Crippen molar-refractivity contribution in [3.05, 3.63) is 41.2 Å². The largest absolute Gasteiger partial charge is 0.465 e. The van der Waals surface area contributed by atoms with E-state index in [9.17, 15) is 9.18 Å². The summed E-state index contributed by atoms with van der Waals surface area (Å²) in [7, 11) is 0. The first-order valence-electron chi connectivity index (χ1n) is 5.58. The van der Waals surface area contributed by atoms with Crippen molar-refractivity contribution >= 4 is 12.2 Å². The Balaban J connectivity index is 2.00. The average Bonchev–Trinajstić information content (AvgIpc) is 2.33. The van der Waals surface area contributed by atoms with E-state index in [1.165, 1.54) is 22.6 Å². The summed E-state index contributed by atoms with van der Waals surface area (Å²) in [5, 5.41) is 8.81. The zero-order valence-corrected chi connectivity index (χ0v) is 9.40. The first-order valence-corrected chi connectivity index (χ1v) is 5.58. The van der Waals surface area contributed by atoms with Gasteiger partial charge in [0.25, 0.3) is 0 Å². The van der Waals surface area contributed by atoms with E-state index in [1.54, 1.807) is 12.1 Å². The van der Waals surface area contributed by atoms with Crippen molar-refractivity contribution in [3.63, 3.8) is 0 Å². The van der Waals surface area contributed by atoms with Crippen LogP contribution in [0.1, 0.15) is 18.4 Å². The summed E-state index contributed by atoms with van der Waals surface area (Å²) < 4.78 is 12.7. The SMILES string of the molecule is O=C(O)N1CCC(=Cc2ccc(F)cc2)CC1. The lowest BCUT2D eigenvalue weighted by atomic mass is 10.0. The van der Waals surface area contributed by atoms with Crippen molar-refractivity contribution in [2.45, 2.75) is 12.8 Å². The van der Waals surface area contributed by atoms with Crippen molar-refractivity contribution < 1.29 is 14.3 Å². The number of hydrogen-bond acceptors (Lipinski definition) is 1. The van der Waals surface area contributed by atoms with Gasteiger partial charge < -0.3 is 10.0 Å². The normalized spacial score (nSPS) is 15.8. The standard InChI is InChI=1S/C13H14FNO2/c14-12-3-1-10(2-4-12)9-11-5-7-15(8-6-11)13(16)17/h1-4,9H,5-8H2,(H,16,17). The number of amides is 1. The second-order valence-electron chi connectivity index (χ2n) is 4.12. The fraction of sp³-hybridized carbons (Fsp3) is 0.308. The summed E-state index contributed by atoms with van der Waals surface area (Å²) in [6.07, 6.45) is 2.66. The summed E-state index contributed by atoms with van der Waals surface area (Å²) in [5.74, 6) is -0.243. The van der Waals surface area contributed by atoms with Gasteiger partial charge >= 0.3 is 6.09 Å². The van der Waals surface area contributed by atoms with Gasteiger partial charge in [0.2, 0.25) is 0 Å². The highest BCUT2D eigenvalue weighted by Crippen LogP contribution is 2.19. The van der Waals surface area contributed by atoms with E-state index in [4.69, 9.17) is 5.11 Å². The van der Waals surface area contributed by atoms with Crippen LogP contribution in [0.5, 0.6) is 0 Å². The topological polar surface area (TPSA) is 40.5 Å². The zero-order valence-electron chi connectivity index (χ0n) is 9.40. The molecule has 0 spiro atoms. The number of benzene rings is 1. The van der Waals surface area contributed by atoms with Gasteiger partial charge in [0.05, 0.1) is 0 Å². The van der Waals surface area contributed by atoms with E-state index in [0.29, 0.717) is 13.1 Å². The molecule has 0 aliphatic carbocycles. The van der Waals surface area contributed by atoms with Gasteiger partial charge in [-0.2, -0.15) is 0 Å². The number of hydrogen-bond donors (Lipinski definition) is 1. The number of carbonyl (C=O) groups is 1. The quantitative estimate of drug-likeness (QED) is 0.812. The average molecular weight is 235 g/mol. The molecule has 0 unspecified atom stereocenters. The number of piperidine rings is 1. The molecule has 1 heterocycles. The molecular formula is C13H14FNO2. The van der Waals surface area contributed by atoms with Gasteiger partial charge in [0, 0.05) is 13.1 Å². The van der Waals surface area contributed by atoms with E-state index >= 15 is 0 Å². The number of likely N-dealkylation sites (tertiary alicyclic amines) is 1. The van der Waals surface area contributed by atoms with Gasteiger partial charge in [-0.3, -0.25) is 0 Å². The van der Waals surface area contributed by atoms with Gasteiger partial charge in [-0.25, -0.2) is 9.18 Å². The molecule has 0 atom stereocenters. The highest BCUT2D eigenvalue weighted by atomic mass is 19.1. The van der Waals surface area contributed by atoms with Crippen LogP contribution in [0.25, 0.3) is 6.08 Å². The Morgan fingerprint density at radius 3 is 2.35 bits per heavy atom. The summed E-state index contributed by atoms with van der Waals surface area (Å²) in [5.41, 5.74) is 2.18. The molecule has 1 aliphatic rings. The van der Waals surface area contributed by atoms with E-state index in [2.05, 4.69) is 0 Å². The van der Waals surface area contributed by atoms with Gasteiger partial charge in [-0.05, 0) is 30.5 Å². The lowest BCUT2D eigenvalue weighted by molar-refractivity contribution is 0.142. The maximum atomic E-state index is 12.7. The molecule has 1 fully saturated rings. The van der Waals surface area contributed by atoms with Crippen molar-refractivity contribution in [1.29, 1.82) is 0 Å². The molecule has 2 rings (SSSR count).